The molecule has 1 N–H and O–H groups in total. The van der Waals surface area contributed by atoms with Gasteiger partial charge in [0.05, 0.1) is 6.61 Å². The highest BCUT2D eigenvalue weighted by atomic mass is 16.5. The Morgan fingerprint density at radius 2 is 1.95 bits per heavy atom. The number of esters is 1. The fourth-order valence-corrected chi connectivity index (χ4v) is 2.26. The first-order chi connectivity index (χ1) is 10.1. The van der Waals surface area contributed by atoms with E-state index in [1.807, 2.05) is 37.3 Å². The highest BCUT2D eigenvalue weighted by molar-refractivity contribution is 5.82. The maximum Gasteiger partial charge on any atom is 0.331 e. The summed E-state index contributed by atoms with van der Waals surface area (Å²) in [7, 11) is 1.78. The van der Waals surface area contributed by atoms with Crippen molar-refractivity contribution in [2.24, 2.45) is 5.92 Å². The van der Waals surface area contributed by atoms with Crippen LogP contribution >= 0.6 is 0 Å². The molecule has 21 heavy (non-hydrogen) atoms. The molecule has 0 aliphatic rings. The number of nitrogens with one attached hydrogen (secondary N) is 1. The van der Waals surface area contributed by atoms with E-state index in [9.17, 15) is 4.79 Å². The molecule has 4 nitrogen and oxygen atoms in total. The van der Waals surface area contributed by atoms with Crippen LogP contribution in [-0.4, -0.2) is 32.8 Å². The van der Waals surface area contributed by atoms with E-state index >= 15 is 0 Å². The fourth-order valence-electron chi connectivity index (χ4n) is 2.26. The molecule has 0 aromatic heterocycles. The molecule has 0 aliphatic carbocycles. The van der Waals surface area contributed by atoms with Crippen LogP contribution in [0.25, 0.3) is 0 Å². The predicted molar refractivity (Wildman–Crippen MR) is 84.1 cm³/mol. The number of ether oxygens (including phenoxy) is 2. The van der Waals surface area contributed by atoms with Crippen LogP contribution in [0.15, 0.2) is 30.3 Å². The van der Waals surface area contributed by atoms with Gasteiger partial charge in [-0.05, 0) is 25.5 Å². The molecule has 1 aromatic carbocycles. The second-order valence-corrected chi connectivity index (χ2v) is 5.46. The number of likely N-dealkylation sites (N-methyl/N-ethyl adjacent to an activating group) is 1. The lowest BCUT2D eigenvalue weighted by Crippen LogP contribution is -2.49. The van der Waals surface area contributed by atoms with Gasteiger partial charge in [-0.3, -0.25) is 0 Å². The molecule has 0 saturated carbocycles. The van der Waals surface area contributed by atoms with Crippen LogP contribution in [0.4, 0.5) is 0 Å². The summed E-state index contributed by atoms with van der Waals surface area (Å²) in [5, 5.41) is 3.15. The third-order valence-corrected chi connectivity index (χ3v) is 3.39. The molecule has 0 fully saturated rings. The normalized spacial score (nSPS) is 14.0. The number of carbonyl (C=O) groups is 1. The Hall–Kier alpha value is -1.39. The maximum absolute atomic E-state index is 12.5. The highest BCUT2D eigenvalue weighted by Crippen LogP contribution is 2.26. The zero-order valence-electron chi connectivity index (χ0n) is 13.5. The van der Waals surface area contributed by atoms with Gasteiger partial charge in [-0.1, -0.05) is 44.2 Å². The van der Waals surface area contributed by atoms with Crippen molar-refractivity contribution in [3.05, 3.63) is 35.9 Å². The lowest BCUT2D eigenvalue weighted by Gasteiger charge is -2.31. The monoisotopic (exact) mass is 293 g/mol. The van der Waals surface area contributed by atoms with Gasteiger partial charge in [0.1, 0.15) is 5.54 Å². The lowest BCUT2D eigenvalue weighted by molar-refractivity contribution is -0.152. The predicted octanol–water partition coefficient (Wildman–Crippen LogP) is 2.73. The largest absolute Gasteiger partial charge is 0.464 e. The zero-order valence-corrected chi connectivity index (χ0v) is 13.5. The summed E-state index contributed by atoms with van der Waals surface area (Å²) in [6.45, 7) is 7.59. The van der Waals surface area contributed by atoms with Crippen molar-refractivity contribution in [1.29, 1.82) is 0 Å². The molecule has 0 bridgehead atoms. The van der Waals surface area contributed by atoms with Crippen molar-refractivity contribution in [3.63, 3.8) is 0 Å². The molecule has 0 radical (unpaired) electrons. The number of carbonyl (C=O) groups excluding carboxylic acids is 1. The van der Waals surface area contributed by atoms with Crippen LogP contribution in [-0.2, 0) is 19.8 Å². The summed E-state index contributed by atoms with van der Waals surface area (Å²) in [6.07, 6.45) is 0.541. The Labute approximate surface area is 127 Å². The van der Waals surface area contributed by atoms with Gasteiger partial charge >= 0.3 is 5.97 Å². The average Bonchev–Trinajstić information content (AvgIpc) is 2.48. The highest BCUT2D eigenvalue weighted by Gasteiger charge is 2.39. The van der Waals surface area contributed by atoms with Gasteiger partial charge in [-0.15, -0.1) is 0 Å². The van der Waals surface area contributed by atoms with E-state index in [0.717, 1.165) is 5.56 Å². The zero-order chi connectivity index (χ0) is 15.7. The third kappa shape index (κ3) is 4.83. The molecule has 4 heteroatoms. The average molecular weight is 293 g/mol. The van der Waals surface area contributed by atoms with Crippen molar-refractivity contribution in [3.8, 4) is 0 Å². The van der Waals surface area contributed by atoms with Crippen LogP contribution in [0, 0.1) is 5.92 Å². The van der Waals surface area contributed by atoms with E-state index in [2.05, 4.69) is 19.2 Å². The van der Waals surface area contributed by atoms with Crippen molar-refractivity contribution < 1.29 is 14.3 Å². The Morgan fingerprint density at radius 1 is 1.29 bits per heavy atom. The summed E-state index contributed by atoms with van der Waals surface area (Å²) in [6, 6.07) is 9.67. The first kappa shape index (κ1) is 17.7. The molecule has 1 rings (SSSR count). The maximum atomic E-state index is 12.5. The van der Waals surface area contributed by atoms with Gasteiger partial charge in [-0.2, -0.15) is 0 Å². The molecule has 0 saturated heterocycles. The molecule has 1 aromatic rings. The van der Waals surface area contributed by atoms with E-state index in [4.69, 9.17) is 9.47 Å². The van der Waals surface area contributed by atoms with Crippen LogP contribution in [0.2, 0.25) is 0 Å². The van der Waals surface area contributed by atoms with E-state index in [1.54, 1.807) is 7.05 Å². The van der Waals surface area contributed by atoms with Gasteiger partial charge < -0.3 is 14.8 Å². The van der Waals surface area contributed by atoms with Crippen LogP contribution in [0.1, 0.15) is 32.8 Å². The molecule has 0 aliphatic heterocycles. The van der Waals surface area contributed by atoms with Crippen molar-refractivity contribution >= 4 is 5.97 Å². The minimum atomic E-state index is -0.853. The third-order valence-electron chi connectivity index (χ3n) is 3.39. The second-order valence-electron chi connectivity index (χ2n) is 5.46. The van der Waals surface area contributed by atoms with Crippen LogP contribution in [0.5, 0.6) is 0 Å². The smallest absolute Gasteiger partial charge is 0.331 e. The van der Waals surface area contributed by atoms with Gasteiger partial charge in [0, 0.05) is 19.6 Å². The Balaban J connectivity index is 2.90. The van der Waals surface area contributed by atoms with E-state index in [-0.39, 0.29) is 5.97 Å². The first-order valence-electron chi connectivity index (χ1n) is 7.56. The van der Waals surface area contributed by atoms with E-state index in [0.29, 0.717) is 32.2 Å². The summed E-state index contributed by atoms with van der Waals surface area (Å²) < 4.78 is 10.9. The van der Waals surface area contributed by atoms with E-state index in [1.165, 1.54) is 0 Å². The Morgan fingerprint density at radius 3 is 2.48 bits per heavy atom. The molecule has 0 heterocycles. The van der Waals surface area contributed by atoms with Gasteiger partial charge in [0.2, 0.25) is 0 Å². The van der Waals surface area contributed by atoms with Gasteiger partial charge in [0.15, 0.2) is 0 Å². The summed E-state index contributed by atoms with van der Waals surface area (Å²) in [4.78, 5) is 12.5. The second kappa shape index (κ2) is 8.80. The molecule has 1 unspecified atom stereocenters. The summed E-state index contributed by atoms with van der Waals surface area (Å²) in [5.74, 6) is 0.222. The molecule has 118 valence electrons. The lowest BCUT2D eigenvalue weighted by atomic mass is 9.87. The molecular weight excluding hydrogens is 266 g/mol. The van der Waals surface area contributed by atoms with Gasteiger partial charge in [0.25, 0.3) is 0 Å². The summed E-state index contributed by atoms with van der Waals surface area (Å²) >= 11 is 0. The standard InChI is InChI=1S/C17H27NO3/c1-5-21-16(19)17(18-4,11-12-20-13-14(2)3)15-9-7-6-8-10-15/h6-10,14,18H,5,11-13H2,1-4H3. The SMILES string of the molecule is CCOC(=O)C(CCOCC(C)C)(NC)c1ccccc1. The number of hydrogen-bond donors (Lipinski definition) is 1. The van der Waals surface area contributed by atoms with Crippen LogP contribution < -0.4 is 5.32 Å². The number of benzene rings is 1. The molecular formula is C17H27NO3. The molecule has 0 spiro atoms. The van der Waals surface area contributed by atoms with Crippen molar-refractivity contribution in [1.82, 2.24) is 5.32 Å². The Bertz CT molecular complexity index is 419. The minimum Gasteiger partial charge on any atom is -0.464 e. The fraction of sp³-hybridized carbons (Fsp3) is 0.588. The molecule has 1 atom stereocenters. The Kier molecular flexibility index (Phi) is 7.40. The number of hydrogen-bond acceptors (Lipinski definition) is 4. The topological polar surface area (TPSA) is 47.6 Å². The van der Waals surface area contributed by atoms with E-state index < -0.39 is 5.54 Å². The minimum absolute atomic E-state index is 0.258. The quantitative estimate of drug-likeness (QED) is 0.562. The van der Waals surface area contributed by atoms with Crippen molar-refractivity contribution in [2.75, 3.05) is 26.9 Å². The van der Waals surface area contributed by atoms with Crippen molar-refractivity contribution in [2.45, 2.75) is 32.7 Å². The van der Waals surface area contributed by atoms with Crippen LogP contribution in [0.3, 0.4) is 0 Å². The molecule has 0 amide bonds. The first-order valence-corrected chi connectivity index (χ1v) is 7.56. The number of rotatable bonds is 9. The summed E-state index contributed by atoms with van der Waals surface area (Å²) in [5.41, 5.74) is 0.0490. The van der Waals surface area contributed by atoms with Gasteiger partial charge in [-0.25, -0.2) is 4.79 Å².